The molecule has 36 heavy (non-hydrogen) atoms. The molecule has 0 radical (unpaired) electrons. The molecule has 0 bridgehead atoms. The van der Waals surface area contributed by atoms with E-state index in [1.807, 2.05) is 12.2 Å². The van der Waals surface area contributed by atoms with Crippen LogP contribution in [0.25, 0.3) is 6.08 Å². The van der Waals surface area contributed by atoms with E-state index in [0.29, 0.717) is 40.7 Å². The second-order valence-electron chi connectivity index (χ2n) is 7.56. The number of nitrogens with zero attached hydrogens (tertiary/aromatic N) is 1. The number of methoxy groups -OCH3 is 4. The summed E-state index contributed by atoms with van der Waals surface area (Å²) < 4.78 is 49.5. The van der Waals surface area contributed by atoms with Crippen LogP contribution in [0, 0.1) is 0 Å². The van der Waals surface area contributed by atoms with E-state index in [4.69, 9.17) is 18.9 Å². The molecular formula is C25H28N2O8S. The molecule has 0 amide bonds. The number of rotatable bonds is 11. The highest BCUT2D eigenvalue weighted by atomic mass is 32.2. The zero-order valence-electron chi connectivity index (χ0n) is 20.3. The van der Waals surface area contributed by atoms with Gasteiger partial charge >= 0.3 is 5.97 Å². The van der Waals surface area contributed by atoms with Gasteiger partial charge in [0.1, 0.15) is 23.0 Å². The highest BCUT2D eigenvalue weighted by Crippen LogP contribution is 2.36. The van der Waals surface area contributed by atoms with E-state index < -0.39 is 22.0 Å². The molecule has 1 unspecified atom stereocenters. The van der Waals surface area contributed by atoms with Crippen LogP contribution in [-0.2, 0) is 14.8 Å². The van der Waals surface area contributed by atoms with E-state index >= 15 is 0 Å². The molecule has 11 heteroatoms. The van der Waals surface area contributed by atoms with Crippen molar-refractivity contribution in [1.82, 2.24) is 4.90 Å². The van der Waals surface area contributed by atoms with Gasteiger partial charge in [-0.1, -0.05) is 12.2 Å². The lowest BCUT2D eigenvalue weighted by atomic mass is 10.0. The lowest BCUT2D eigenvalue weighted by Crippen LogP contribution is -2.31. The van der Waals surface area contributed by atoms with Gasteiger partial charge in [-0.05, 0) is 30.4 Å². The van der Waals surface area contributed by atoms with Gasteiger partial charge in [0, 0.05) is 36.1 Å². The van der Waals surface area contributed by atoms with E-state index in [1.54, 1.807) is 29.3 Å². The van der Waals surface area contributed by atoms with Crippen LogP contribution in [0.2, 0.25) is 0 Å². The van der Waals surface area contributed by atoms with E-state index in [1.165, 1.54) is 52.7 Å². The second kappa shape index (κ2) is 11.5. The summed E-state index contributed by atoms with van der Waals surface area (Å²) in [5, 5.41) is 10.9. The largest absolute Gasteiger partial charge is 0.496 e. The minimum atomic E-state index is -4.01. The third-order valence-corrected chi connectivity index (χ3v) is 6.37. The summed E-state index contributed by atoms with van der Waals surface area (Å²) in [6.45, 7) is 0.376. The van der Waals surface area contributed by atoms with Crippen LogP contribution in [0.5, 0.6) is 23.0 Å². The van der Waals surface area contributed by atoms with Gasteiger partial charge in [-0.25, -0.2) is 13.2 Å². The summed E-state index contributed by atoms with van der Waals surface area (Å²) in [5.41, 5.74) is 0.872. The third kappa shape index (κ3) is 6.11. The molecule has 10 nitrogen and oxygen atoms in total. The molecule has 192 valence electrons. The summed E-state index contributed by atoms with van der Waals surface area (Å²) in [5.74, 6) is 0.414. The number of aliphatic carboxylic acids is 1. The second-order valence-corrected chi connectivity index (χ2v) is 9.13. The molecule has 1 aliphatic heterocycles. The van der Waals surface area contributed by atoms with Crippen molar-refractivity contribution >= 4 is 27.8 Å². The monoisotopic (exact) mass is 516 g/mol. The molecule has 2 aromatic carbocycles. The zero-order valence-corrected chi connectivity index (χ0v) is 21.1. The highest BCUT2D eigenvalue weighted by molar-refractivity contribution is 7.95. The Kier molecular flexibility index (Phi) is 8.49. The van der Waals surface area contributed by atoms with E-state index in [0.717, 1.165) is 5.41 Å². The molecule has 2 N–H and O–H groups in total. The summed E-state index contributed by atoms with van der Waals surface area (Å²) in [6, 6.07) is 6.58. The average molecular weight is 517 g/mol. The molecule has 0 aromatic heterocycles. The maximum atomic E-state index is 12.9. The number of carbonyl (C=O) groups is 1. The lowest BCUT2D eigenvalue weighted by Gasteiger charge is -2.29. The Morgan fingerprint density at radius 1 is 1.00 bits per heavy atom. The fraction of sp³-hybridized carbons (Fsp3) is 0.240. The van der Waals surface area contributed by atoms with E-state index in [9.17, 15) is 18.3 Å². The van der Waals surface area contributed by atoms with Gasteiger partial charge in [-0.3, -0.25) is 4.72 Å². The van der Waals surface area contributed by atoms with Crippen molar-refractivity contribution < 1.29 is 37.3 Å². The van der Waals surface area contributed by atoms with Gasteiger partial charge in [0.05, 0.1) is 39.4 Å². The number of anilines is 1. The smallest absolute Gasteiger partial charge is 0.331 e. The average Bonchev–Trinajstić information content (AvgIpc) is 2.87. The van der Waals surface area contributed by atoms with Crippen molar-refractivity contribution in [2.24, 2.45) is 0 Å². The molecule has 0 spiro atoms. The van der Waals surface area contributed by atoms with Crippen molar-refractivity contribution in [3.63, 3.8) is 0 Å². The van der Waals surface area contributed by atoms with Crippen molar-refractivity contribution in [2.75, 3.05) is 39.7 Å². The molecule has 3 rings (SSSR count). The van der Waals surface area contributed by atoms with Crippen LogP contribution in [0.4, 0.5) is 5.69 Å². The Morgan fingerprint density at radius 3 is 2.19 bits per heavy atom. The van der Waals surface area contributed by atoms with Gasteiger partial charge in [-0.2, -0.15) is 0 Å². The van der Waals surface area contributed by atoms with Crippen LogP contribution in [0.1, 0.15) is 17.2 Å². The van der Waals surface area contributed by atoms with Crippen LogP contribution in [0.3, 0.4) is 0 Å². The maximum absolute atomic E-state index is 12.9. The number of carboxylic acid groups (broad SMARTS) is 1. The number of ether oxygens (including phenoxy) is 4. The first kappa shape index (κ1) is 26.5. The minimum absolute atomic E-state index is 0.173. The van der Waals surface area contributed by atoms with Crippen LogP contribution in [-0.4, -0.2) is 59.4 Å². The standard InChI is InChI=1S/C25H28N2O8S/c1-32-18-15-22(34-3)19(23(16-18)35-4)10-13-36(30,31)26-17-8-9-21(33-2)20(14-17)24(25(28)29)27-11-6-5-7-12-27/h5-11,13-16,24,26H,12H2,1-4H3,(H,28,29). The SMILES string of the molecule is COc1cc(OC)c(C=CS(=O)(=O)Nc2ccc(OC)c(C(C(=O)O)N3C=CC=CC3)c2)c(OC)c1. The molecule has 0 saturated carbocycles. The fourth-order valence-electron chi connectivity index (χ4n) is 3.69. The summed E-state index contributed by atoms with van der Waals surface area (Å²) >= 11 is 0. The first-order valence-corrected chi connectivity index (χ1v) is 12.3. The molecule has 0 aliphatic carbocycles. The Labute approximate surface area is 210 Å². The molecule has 1 aliphatic rings. The molecule has 0 saturated heterocycles. The molecule has 0 fully saturated rings. The van der Waals surface area contributed by atoms with Gasteiger partial charge in [0.25, 0.3) is 10.0 Å². The highest BCUT2D eigenvalue weighted by Gasteiger charge is 2.29. The quantitative estimate of drug-likeness (QED) is 0.461. The van der Waals surface area contributed by atoms with Crippen LogP contribution >= 0.6 is 0 Å². The summed E-state index contributed by atoms with van der Waals surface area (Å²) in [7, 11) is 1.81. The van der Waals surface area contributed by atoms with Crippen molar-refractivity contribution in [3.05, 3.63) is 71.3 Å². The Hall–Kier alpha value is -4.12. The number of carboxylic acids is 1. The number of hydrogen-bond donors (Lipinski definition) is 2. The van der Waals surface area contributed by atoms with Crippen molar-refractivity contribution in [3.8, 4) is 23.0 Å². The first-order valence-electron chi connectivity index (χ1n) is 10.7. The van der Waals surface area contributed by atoms with E-state index in [2.05, 4.69) is 4.72 Å². The number of nitrogens with one attached hydrogen (secondary N) is 1. The Balaban J connectivity index is 1.94. The lowest BCUT2D eigenvalue weighted by molar-refractivity contribution is -0.142. The van der Waals surface area contributed by atoms with Gasteiger partial charge < -0.3 is 29.0 Å². The van der Waals surface area contributed by atoms with Gasteiger partial charge in [0.15, 0.2) is 6.04 Å². The molecular weight excluding hydrogens is 488 g/mol. The number of benzene rings is 2. The summed E-state index contributed by atoms with van der Waals surface area (Å²) in [6.07, 6.45) is 8.37. The van der Waals surface area contributed by atoms with E-state index in [-0.39, 0.29) is 5.69 Å². The van der Waals surface area contributed by atoms with Crippen molar-refractivity contribution in [2.45, 2.75) is 6.04 Å². The minimum Gasteiger partial charge on any atom is -0.496 e. The van der Waals surface area contributed by atoms with Crippen molar-refractivity contribution in [1.29, 1.82) is 0 Å². The number of hydrogen-bond acceptors (Lipinski definition) is 8. The predicted octanol–water partition coefficient (Wildman–Crippen LogP) is 3.64. The van der Waals surface area contributed by atoms with Gasteiger partial charge in [-0.15, -0.1) is 0 Å². The van der Waals surface area contributed by atoms with Crippen LogP contribution in [0.15, 0.2) is 60.2 Å². The molecule has 1 atom stereocenters. The maximum Gasteiger partial charge on any atom is 0.331 e. The zero-order chi connectivity index (χ0) is 26.3. The topological polar surface area (TPSA) is 124 Å². The number of sulfonamides is 1. The third-order valence-electron chi connectivity index (χ3n) is 5.36. The molecule has 2 aromatic rings. The summed E-state index contributed by atoms with van der Waals surface area (Å²) in [4.78, 5) is 13.8. The normalized spacial score (nSPS) is 13.9. The Bertz CT molecular complexity index is 1280. The number of allylic oxidation sites excluding steroid dienone is 2. The first-order chi connectivity index (χ1) is 17.2. The van der Waals surface area contributed by atoms with Crippen LogP contribution < -0.4 is 23.7 Å². The predicted molar refractivity (Wildman–Crippen MR) is 136 cm³/mol. The fourth-order valence-corrected chi connectivity index (χ4v) is 4.53. The molecule has 1 heterocycles. The van der Waals surface area contributed by atoms with Gasteiger partial charge in [0.2, 0.25) is 0 Å². The Morgan fingerprint density at radius 2 is 1.67 bits per heavy atom.